The minimum Gasteiger partial charge on any atom is -0.315 e. The van der Waals surface area contributed by atoms with Crippen LogP contribution in [0.3, 0.4) is 0 Å². The second-order valence-corrected chi connectivity index (χ2v) is 4.05. The van der Waals surface area contributed by atoms with E-state index in [-0.39, 0.29) is 0 Å². The first kappa shape index (κ1) is 9.93. The molecule has 1 heterocycles. The minimum absolute atomic E-state index is 0.438. The summed E-state index contributed by atoms with van der Waals surface area (Å²) in [5.74, 6) is 1.29. The van der Waals surface area contributed by atoms with Gasteiger partial charge in [0.05, 0.1) is 5.88 Å². The van der Waals surface area contributed by atoms with Crippen LogP contribution in [0.5, 0.6) is 0 Å². The van der Waals surface area contributed by atoms with Crippen LogP contribution in [-0.2, 0) is 12.4 Å². The fourth-order valence-corrected chi connectivity index (χ4v) is 1.74. The molecular weight excluding hydrogens is 200 g/mol. The molecule has 1 aromatic heterocycles. The summed E-state index contributed by atoms with van der Waals surface area (Å²) in [6.45, 7) is 1.98. The molecule has 1 aromatic rings. The van der Waals surface area contributed by atoms with Crippen molar-refractivity contribution in [1.29, 1.82) is 0 Å². The molecule has 0 radical (unpaired) electrons. The molecule has 0 amide bonds. The lowest BCUT2D eigenvalue weighted by atomic mass is 10.5. The van der Waals surface area contributed by atoms with Crippen molar-refractivity contribution in [3.63, 3.8) is 0 Å². The Labute approximate surface area is 88.9 Å². The average molecular weight is 215 g/mol. The molecular formula is C9H15ClN4. The van der Waals surface area contributed by atoms with E-state index < -0.39 is 0 Å². The third kappa shape index (κ3) is 2.25. The van der Waals surface area contributed by atoms with Gasteiger partial charge in [0.15, 0.2) is 0 Å². The first-order chi connectivity index (χ1) is 6.81. The highest BCUT2D eigenvalue weighted by Gasteiger charge is 2.25. The Morgan fingerprint density at radius 1 is 1.64 bits per heavy atom. The zero-order chi connectivity index (χ0) is 9.97. The third-order valence-corrected chi connectivity index (χ3v) is 2.92. The van der Waals surface area contributed by atoms with E-state index in [1.807, 2.05) is 4.57 Å². The SMILES string of the molecule is CN(CCn1cnnc1CCl)C1CC1. The minimum atomic E-state index is 0.438. The molecule has 0 saturated heterocycles. The molecule has 0 aliphatic heterocycles. The van der Waals surface area contributed by atoms with E-state index in [0.29, 0.717) is 5.88 Å². The third-order valence-electron chi connectivity index (χ3n) is 2.68. The predicted molar refractivity (Wildman–Crippen MR) is 55.2 cm³/mol. The number of hydrogen-bond donors (Lipinski definition) is 0. The van der Waals surface area contributed by atoms with Crippen LogP contribution in [-0.4, -0.2) is 39.3 Å². The Morgan fingerprint density at radius 2 is 2.43 bits per heavy atom. The van der Waals surface area contributed by atoms with Crippen molar-refractivity contribution in [3.05, 3.63) is 12.2 Å². The molecule has 0 aromatic carbocycles. The van der Waals surface area contributed by atoms with Crippen LogP contribution in [0.1, 0.15) is 18.7 Å². The van der Waals surface area contributed by atoms with Crippen molar-refractivity contribution in [2.75, 3.05) is 13.6 Å². The Balaban J connectivity index is 1.84. The maximum absolute atomic E-state index is 5.73. The van der Waals surface area contributed by atoms with E-state index in [1.54, 1.807) is 6.33 Å². The topological polar surface area (TPSA) is 34.0 Å². The van der Waals surface area contributed by atoms with Crippen LogP contribution in [0.15, 0.2) is 6.33 Å². The lowest BCUT2D eigenvalue weighted by molar-refractivity contribution is 0.308. The summed E-state index contributed by atoms with van der Waals surface area (Å²) in [6, 6.07) is 0.811. The van der Waals surface area contributed by atoms with Gasteiger partial charge in [-0.1, -0.05) is 0 Å². The first-order valence-electron chi connectivity index (χ1n) is 4.94. The predicted octanol–water partition coefficient (Wildman–Crippen LogP) is 1.11. The largest absolute Gasteiger partial charge is 0.315 e. The molecule has 0 unspecified atom stereocenters. The molecule has 14 heavy (non-hydrogen) atoms. The monoisotopic (exact) mass is 214 g/mol. The maximum Gasteiger partial charge on any atom is 0.147 e. The van der Waals surface area contributed by atoms with Crippen LogP contribution < -0.4 is 0 Å². The van der Waals surface area contributed by atoms with E-state index in [1.165, 1.54) is 12.8 Å². The fourth-order valence-electron chi connectivity index (χ4n) is 1.53. The van der Waals surface area contributed by atoms with Gasteiger partial charge >= 0.3 is 0 Å². The van der Waals surface area contributed by atoms with Gasteiger partial charge in [0, 0.05) is 19.1 Å². The summed E-state index contributed by atoms with van der Waals surface area (Å²) in [5.41, 5.74) is 0. The summed E-state index contributed by atoms with van der Waals surface area (Å²) in [7, 11) is 2.17. The summed E-state index contributed by atoms with van der Waals surface area (Å²) in [6.07, 6.45) is 4.44. The smallest absolute Gasteiger partial charge is 0.147 e. The Hall–Kier alpha value is -0.610. The fraction of sp³-hybridized carbons (Fsp3) is 0.778. The average Bonchev–Trinajstić information content (AvgIpc) is 2.94. The molecule has 2 rings (SSSR count). The van der Waals surface area contributed by atoms with Gasteiger partial charge in [0.1, 0.15) is 12.2 Å². The molecule has 0 N–H and O–H groups in total. The number of hydrogen-bond acceptors (Lipinski definition) is 3. The molecule has 0 atom stereocenters. The van der Waals surface area contributed by atoms with Gasteiger partial charge in [-0.2, -0.15) is 0 Å². The van der Waals surface area contributed by atoms with Gasteiger partial charge in [-0.3, -0.25) is 0 Å². The summed E-state index contributed by atoms with van der Waals surface area (Å²) < 4.78 is 2.02. The quantitative estimate of drug-likeness (QED) is 0.689. The van der Waals surface area contributed by atoms with Gasteiger partial charge in [-0.05, 0) is 19.9 Å². The number of alkyl halides is 1. The Morgan fingerprint density at radius 3 is 3.07 bits per heavy atom. The zero-order valence-corrected chi connectivity index (χ0v) is 9.11. The number of likely N-dealkylation sites (N-methyl/N-ethyl adjacent to an activating group) is 1. The normalized spacial score (nSPS) is 16.5. The van der Waals surface area contributed by atoms with Crippen molar-refractivity contribution >= 4 is 11.6 Å². The number of rotatable bonds is 5. The summed E-state index contributed by atoms with van der Waals surface area (Å²) in [4.78, 5) is 2.39. The molecule has 1 fully saturated rings. The Kier molecular flexibility index (Phi) is 3.03. The summed E-state index contributed by atoms with van der Waals surface area (Å²) >= 11 is 5.73. The van der Waals surface area contributed by atoms with Crippen molar-refractivity contribution in [1.82, 2.24) is 19.7 Å². The van der Waals surface area contributed by atoms with E-state index in [4.69, 9.17) is 11.6 Å². The summed E-state index contributed by atoms with van der Waals surface area (Å²) in [5, 5.41) is 7.78. The maximum atomic E-state index is 5.73. The van der Waals surface area contributed by atoms with E-state index in [0.717, 1.165) is 25.0 Å². The van der Waals surface area contributed by atoms with E-state index in [9.17, 15) is 0 Å². The standard InChI is InChI=1S/C9H15ClN4/c1-13(8-2-3-8)4-5-14-7-11-12-9(14)6-10/h7-8H,2-6H2,1H3. The number of aromatic nitrogens is 3. The second kappa shape index (κ2) is 4.28. The molecule has 4 nitrogen and oxygen atoms in total. The molecule has 5 heteroatoms. The molecule has 78 valence electrons. The zero-order valence-electron chi connectivity index (χ0n) is 8.36. The molecule has 1 saturated carbocycles. The van der Waals surface area contributed by atoms with Crippen LogP contribution in [0.2, 0.25) is 0 Å². The van der Waals surface area contributed by atoms with Crippen molar-refractivity contribution in [3.8, 4) is 0 Å². The lowest BCUT2D eigenvalue weighted by Gasteiger charge is -2.15. The van der Waals surface area contributed by atoms with Crippen LogP contribution in [0.4, 0.5) is 0 Å². The van der Waals surface area contributed by atoms with Crippen molar-refractivity contribution < 1.29 is 0 Å². The highest BCUT2D eigenvalue weighted by Crippen LogP contribution is 2.24. The van der Waals surface area contributed by atoms with E-state index in [2.05, 4.69) is 22.1 Å². The number of nitrogens with zero attached hydrogens (tertiary/aromatic N) is 4. The lowest BCUT2D eigenvalue weighted by Crippen LogP contribution is -2.25. The van der Waals surface area contributed by atoms with Crippen molar-refractivity contribution in [2.24, 2.45) is 0 Å². The van der Waals surface area contributed by atoms with Crippen LogP contribution >= 0.6 is 11.6 Å². The highest BCUT2D eigenvalue weighted by molar-refractivity contribution is 6.16. The van der Waals surface area contributed by atoms with Gasteiger partial charge in [-0.15, -0.1) is 21.8 Å². The van der Waals surface area contributed by atoms with Gasteiger partial charge in [-0.25, -0.2) is 0 Å². The molecule has 0 spiro atoms. The van der Waals surface area contributed by atoms with Gasteiger partial charge in [0.25, 0.3) is 0 Å². The van der Waals surface area contributed by atoms with Gasteiger partial charge < -0.3 is 9.47 Å². The first-order valence-corrected chi connectivity index (χ1v) is 5.47. The van der Waals surface area contributed by atoms with Crippen molar-refractivity contribution in [2.45, 2.75) is 31.3 Å². The Bertz CT molecular complexity index is 295. The molecule has 1 aliphatic rings. The second-order valence-electron chi connectivity index (χ2n) is 3.79. The van der Waals surface area contributed by atoms with Gasteiger partial charge in [0.2, 0.25) is 0 Å². The number of halogens is 1. The molecule has 0 bridgehead atoms. The van der Waals surface area contributed by atoms with E-state index >= 15 is 0 Å². The van der Waals surface area contributed by atoms with Crippen LogP contribution in [0.25, 0.3) is 0 Å². The highest BCUT2D eigenvalue weighted by atomic mass is 35.5. The van der Waals surface area contributed by atoms with Crippen LogP contribution in [0, 0.1) is 0 Å². The molecule has 1 aliphatic carbocycles.